The lowest BCUT2D eigenvalue weighted by Crippen LogP contribution is -2.36. The lowest BCUT2D eigenvalue weighted by molar-refractivity contribution is -0.166. The summed E-state index contributed by atoms with van der Waals surface area (Å²) in [6.45, 7) is 0.440. The topological polar surface area (TPSA) is 124 Å². The molecule has 4 N–H and O–H groups in total. The standard InChI is InChI=1S/C21H25F3N6O3S/c22-21(23,24)20(29-30-20)13-7-5-12(6-8-13)18(32)26-10-9-25-16(31)4-2-1-3-15-17-14(11-34-15)27-19(33)28-17/h5-8,14-15,17H,1-4,9-11H2,(H,25,31)(H,26,32)(H2,27,28,33)/t14?,15-,17?/m1/s1. The summed E-state index contributed by atoms with van der Waals surface area (Å²) in [7, 11) is 0. The Morgan fingerprint density at radius 2 is 1.79 bits per heavy atom. The van der Waals surface area contributed by atoms with Crippen LogP contribution in [0.2, 0.25) is 0 Å². The van der Waals surface area contributed by atoms with Gasteiger partial charge >= 0.3 is 17.9 Å². The molecule has 0 aromatic heterocycles. The number of thioether (sulfide) groups is 1. The van der Waals surface area contributed by atoms with E-state index >= 15 is 0 Å². The fourth-order valence-corrected chi connectivity index (χ4v) is 5.68. The van der Waals surface area contributed by atoms with Crippen molar-refractivity contribution in [3.63, 3.8) is 0 Å². The highest BCUT2D eigenvalue weighted by atomic mass is 32.2. The van der Waals surface area contributed by atoms with Crippen LogP contribution in [0, 0.1) is 0 Å². The Morgan fingerprint density at radius 1 is 1.09 bits per heavy atom. The van der Waals surface area contributed by atoms with Gasteiger partial charge in [0.2, 0.25) is 5.91 Å². The van der Waals surface area contributed by atoms with Crippen molar-refractivity contribution in [1.82, 2.24) is 21.3 Å². The van der Waals surface area contributed by atoms with E-state index < -0.39 is 17.7 Å². The van der Waals surface area contributed by atoms with Crippen LogP contribution in [-0.2, 0) is 10.5 Å². The average molecular weight is 499 g/mol. The second-order valence-electron chi connectivity index (χ2n) is 8.42. The zero-order valence-corrected chi connectivity index (χ0v) is 19.0. The number of benzene rings is 1. The summed E-state index contributed by atoms with van der Waals surface area (Å²) >= 11 is 1.84. The molecule has 3 atom stereocenters. The van der Waals surface area contributed by atoms with Gasteiger partial charge in [-0.3, -0.25) is 9.59 Å². The maximum atomic E-state index is 13.0. The first-order valence-electron chi connectivity index (χ1n) is 11.0. The van der Waals surface area contributed by atoms with Crippen molar-refractivity contribution in [1.29, 1.82) is 0 Å². The van der Waals surface area contributed by atoms with Crippen molar-refractivity contribution in [2.24, 2.45) is 10.2 Å². The summed E-state index contributed by atoms with van der Waals surface area (Å²) in [4.78, 5) is 35.6. The predicted octanol–water partition coefficient (Wildman–Crippen LogP) is 2.44. The number of nitrogens with zero attached hydrogens (tertiary/aromatic N) is 2. The first-order chi connectivity index (χ1) is 16.2. The van der Waals surface area contributed by atoms with Gasteiger partial charge in [-0.15, -0.1) is 10.2 Å². The minimum absolute atomic E-state index is 0.108. The number of carbonyl (C=O) groups excluding carboxylic acids is 3. The van der Waals surface area contributed by atoms with E-state index in [1.54, 1.807) is 0 Å². The molecule has 4 rings (SSSR count). The third-order valence-electron chi connectivity index (χ3n) is 6.06. The summed E-state index contributed by atoms with van der Waals surface area (Å²) in [5, 5.41) is 17.8. The van der Waals surface area contributed by atoms with Crippen molar-refractivity contribution in [3.8, 4) is 0 Å². The van der Waals surface area contributed by atoms with Gasteiger partial charge in [-0.1, -0.05) is 18.6 Å². The van der Waals surface area contributed by atoms with Gasteiger partial charge < -0.3 is 21.3 Å². The molecule has 4 amide bonds. The Morgan fingerprint density at radius 3 is 2.47 bits per heavy atom. The Labute approximate surface area is 198 Å². The van der Waals surface area contributed by atoms with Crippen LogP contribution in [0.25, 0.3) is 0 Å². The molecule has 1 aromatic rings. The Bertz CT molecular complexity index is 965. The minimum Gasteiger partial charge on any atom is -0.354 e. The molecule has 3 aliphatic heterocycles. The molecule has 0 saturated carbocycles. The molecule has 3 heterocycles. The second-order valence-corrected chi connectivity index (χ2v) is 9.69. The molecule has 2 unspecified atom stereocenters. The van der Waals surface area contributed by atoms with Crippen LogP contribution in [0.1, 0.15) is 41.6 Å². The number of urea groups is 1. The molecule has 2 saturated heterocycles. The molecular weight excluding hydrogens is 473 g/mol. The third kappa shape index (κ3) is 5.29. The van der Waals surface area contributed by atoms with Gasteiger partial charge in [0.05, 0.1) is 12.1 Å². The number of fused-ring (bicyclic) bond motifs is 1. The van der Waals surface area contributed by atoms with Gasteiger partial charge in [0, 0.05) is 41.6 Å². The average Bonchev–Trinajstić information content (AvgIpc) is 3.44. The highest BCUT2D eigenvalue weighted by Gasteiger charge is 2.65. The van der Waals surface area contributed by atoms with E-state index in [0.717, 1.165) is 25.0 Å². The van der Waals surface area contributed by atoms with Crippen LogP contribution < -0.4 is 21.3 Å². The van der Waals surface area contributed by atoms with Crippen molar-refractivity contribution in [3.05, 3.63) is 35.4 Å². The predicted molar refractivity (Wildman–Crippen MR) is 118 cm³/mol. The molecular formula is C21H25F3N6O3S. The summed E-state index contributed by atoms with van der Waals surface area (Å²) < 4.78 is 39.1. The number of halogens is 3. The van der Waals surface area contributed by atoms with E-state index in [1.807, 2.05) is 11.8 Å². The first-order valence-corrected chi connectivity index (χ1v) is 12.1. The van der Waals surface area contributed by atoms with E-state index in [0.29, 0.717) is 11.7 Å². The monoisotopic (exact) mass is 498 g/mol. The number of carbonyl (C=O) groups is 3. The number of alkyl halides is 3. The fourth-order valence-electron chi connectivity index (χ4n) is 4.14. The summed E-state index contributed by atoms with van der Waals surface area (Å²) in [5.41, 5.74) is -2.44. The van der Waals surface area contributed by atoms with Gasteiger partial charge in [0.15, 0.2) is 0 Å². The van der Waals surface area contributed by atoms with E-state index in [4.69, 9.17) is 0 Å². The lowest BCUT2D eigenvalue weighted by Gasteiger charge is -2.16. The van der Waals surface area contributed by atoms with Gasteiger partial charge in [-0.2, -0.15) is 24.9 Å². The highest BCUT2D eigenvalue weighted by molar-refractivity contribution is 8.00. The quantitative estimate of drug-likeness (QED) is 0.292. The number of amides is 4. The van der Waals surface area contributed by atoms with E-state index in [2.05, 4.69) is 31.5 Å². The first kappa shape index (κ1) is 24.3. The third-order valence-corrected chi connectivity index (χ3v) is 7.57. The number of hydrogen-bond acceptors (Lipinski definition) is 6. The summed E-state index contributed by atoms with van der Waals surface area (Å²) in [5.74, 6) is 0.345. The second kappa shape index (κ2) is 9.80. The number of hydrogen-bond donors (Lipinski definition) is 4. The summed E-state index contributed by atoms with van der Waals surface area (Å²) in [6, 6.07) is 5.20. The molecule has 1 aromatic carbocycles. The Kier molecular flexibility index (Phi) is 7.01. The smallest absolute Gasteiger partial charge is 0.354 e. The van der Waals surface area contributed by atoms with Crippen molar-refractivity contribution >= 4 is 29.6 Å². The van der Waals surface area contributed by atoms with Crippen LogP contribution in [-0.4, -0.2) is 60.2 Å². The van der Waals surface area contributed by atoms with Crippen LogP contribution in [0.3, 0.4) is 0 Å². The van der Waals surface area contributed by atoms with E-state index in [1.165, 1.54) is 24.3 Å². The van der Waals surface area contributed by atoms with E-state index in [9.17, 15) is 27.6 Å². The SMILES string of the molecule is O=C(CCCC[C@H]1SCC2NC(=O)NC21)NCCNC(=O)c1ccc(C2(C(F)(F)F)N=N2)cc1. The molecule has 0 aliphatic carbocycles. The fraction of sp³-hybridized carbons (Fsp3) is 0.571. The van der Waals surface area contributed by atoms with Crippen LogP contribution in [0.5, 0.6) is 0 Å². The van der Waals surface area contributed by atoms with Crippen LogP contribution >= 0.6 is 11.8 Å². The van der Waals surface area contributed by atoms with Crippen LogP contribution in [0.15, 0.2) is 34.5 Å². The van der Waals surface area contributed by atoms with E-state index in [-0.39, 0.29) is 48.2 Å². The van der Waals surface area contributed by atoms with Gasteiger partial charge in [0.1, 0.15) is 0 Å². The normalized spacial score (nSPS) is 24.2. The molecule has 2 fully saturated rings. The number of unbranched alkanes of at least 4 members (excludes halogenated alkanes) is 1. The minimum atomic E-state index is -4.61. The Balaban J connectivity index is 1.08. The number of rotatable bonds is 10. The number of nitrogens with one attached hydrogen (secondary N) is 4. The molecule has 9 nitrogen and oxygen atoms in total. The molecule has 34 heavy (non-hydrogen) atoms. The van der Waals surface area contributed by atoms with Crippen molar-refractivity contribution in [2.75, 3.05) is 18.8 Å². The molecule has 3 aliphatic rings. The largest absolute Gasteiger partial charge is 0.442 e. The van der Waals surface area contributed by atoms with Crippen molar-refractivity contribution in [2.45, 2.75) is 54.9 Å². The van der Waals surface area contributed by atoms with Gasteiger partial charge in [-0.05, 0) is 25.0 Å². The maximum absolute atomic E-state index is 13.0. The molecule has 0 spiro atoms. The lowest BCUT2D eigenvalue weighted by atomic mass is 10.0. The van der Waals surface area contributed by atoms with Crippen LogP contribution in [0.4, 0.5) is 18.0 Å². The molecule has 184 valence electrons. The molecule has 13 heteroatoms. The zero-order valence-electron chi connectivity index (χ0n) is 18.2. The zero-order chi connectivity index (χ0) is 24.3. The highest BCUT2D eigenvalue weighted by Crippen LogP contribution is 2.52. The molecule has 0 bridgehead atoms. The molecule has 0 radical (unpaired) electrons. The van der Waals surface area contributed by atoms with Gasteiger partial charge in [0.25, 0.3) is 5.91 Å². The Hall–Kier alpha value is -2.83. The van der Waals surface area contributed by atoms with Gasteiger partial charge in [-0.25, -0.2) is 4.79 Å². The summed E-state index contributed by atoms with van der Waals surface area (Å²) in [6.07, 6.45) is -1.69. The van der Waals surface area contributed by atoms with Crippen molar-refractivity contribution < 1.29 is 27.6 Å². The maximum Gasteiger partial charge on any atom is 0.442 e.